The number of rotatable bonds is 2. The van der Waals surface area contributed by atoms with Gasteiger partial charge in [-0.3, -0.25) is 9.67 Å². The molecule has 0 bridgehead atoms. The zero-order valence-electron chi connectivity index (χ0n) is 19.4. The van der Waals surface area contributed by atoms with Crippen LogP contribution in [0.5, 0.6) is 0 Å². The Kier molecular flexibility index (Phi) is 5.04. The van der Waals surface area contributed by atoms with Gasteiger partial charge in [-0.1, -0.05) is 47.5 Å². The quantitative estimate of drug-likeness (QED) is 0.218. The third-order valence-electron chi connectivity index (χ3n) is 7.06. The van der Waals surface area contributed by atoms with Gasteiger partial charge in [-0.2, -0.15) is 22.7 Å². The molecule has 4 heterocycles. The molecule has 0 unspecified atom stereocenters. The van der Waals surface area contributed by atoms with Gasteiger partial charge in [0.15, 0.2) is 0 Å². The average molecular weight is 567 g/mol. The predicted octanol–water partition coefficient (Wildman–Crippen LogP) is 5.03. The van der Waals surface area contributed by atoms with Crippen LogP contribution in [-0.4, -0.2) is 21.6 Å². The number of oxazole rings is 1. The number of aromatic nitrogens is 3. The predicted molar refractivity (Wildman–Crippen MR) is 141 cm³/mol. The topological polar surface area (TPSA) is 47.1 Å². The summed E-state index contributed by atoms with van der Waals surface area (Å²) in [6.45, 7) is -0.120. The van der Waals surface area contributed by atoms with E-state index in [0.717, 1.165) is 27.7 Å². The van der Waals surface area contributed by atoms with Gasteiger partial charge in [0.25, 0.3) is 6.85 Å². The summed E-state index contributed by atoms with van der Waals surface area (Å²) < 4.78 is 7.49. The average Bonchev–Trinajstić information content (AvgIpc) is 3.67. The molecule has 0 saturated carbocycles. The number of para-hydroxylation sites is 2. The first-order chi connectivity index (χ1) is 17.9. The van der Waals surface area contributed by atoms with Crippen molar-refractivity contribution in [2.75, 3.05) is 4.81 Å². The molecule has 0 fully saturated rings. The van der Waals surface area contributed by atoms with Gasteiger partial charge in [-0.15, -0.1) is 40.9 Å². The molecule has 0 spiro atoms. The maximum atomic E-state index is 5.63. The van der Waals surface area contributed by atoms with Gasteiger partial charge in [-0.25, -0.2) is 0 Å². The zero-order chi connectivity index (χ0) is 23.6. The van der Waals surface area contributed by atoms with Gasteiger partial charge >= 0.3 is 20.4 Å². The Morgan fingerprint density at radius 1 is 0.703 bits per heavy atom. The minimum atomic E-state index is -0.120. The molecule has 0 N–H and O–H groups in total. The standard InChI is InChI=1S/C30H17BN4O.Pd/c1-3-8-28-24(6-1)22-12-10-20(30-32-15-17-36-30)18-26(22)31-27-19-21(34-16-5-14-33-34)11-13-23(27)25-7-2-4-9-29(25)35(28)31;/h1-17H;/q-2;+2. The van der Waals surface area contributed by atoms with Crippen LogP contribution < -0.4 is 15.7 Å². The molecule has 0 radical (unpaired) electrons. The largest absolute Gasteiger partial charge is 2.00 e. The molecule has 0 saturated heterocycles. The first-order valence-corrected chi connectivity index (χ1v) is 11.9. The Bertz CT molecular complexity index is 1640. The molecule has 0 aliphatic carbocycles. The summed E-state index contributed by atoms with van der Waals surface area (Å²) in [5, 5.41) is 4.46. The Labute approximate surface area is 228 Å². The number of benzene rings is 4. The van der Waals surface area contributed by atoms with E-state index >= 15 is 0 Å². The Morgan fingerprint density at radius 2 is 1.41 bits per heavy atom. The van der Waals surface area contributed by atoms with Crippen LogP contribution in [0.15, 0.2) is 108 Å². The van der Waals surface area contributed by atoms with Crippen molar-refractivity contribution in [2.24, 2.45) is 0 Å². The van der Waals surface area contributed by atoms with E-state index in [9.17, 15) is 0 Å². The Balaban J connectivity index is 0.00000231. The molecular formula is C30H17BN4OPd. The van der Waals surface area contributed by atoms with Crippen LogP contribution in [0.3, 0.4) is 0 Å². The summed E-state index contributed by atoms with van der Waals surface area (Å²) in [6, 6.07) is 35.0. The van der Waals surface area contributed by atoms with Crippen LogP contribution in [0.1, 0.15) is 0 Å². The van der Waals surface area contributed by atoms with Crippen LogP contribution >= 0.6 is 0 Å². The monoisotopic (exact) mass is 566 g/mol. The van der Waals surface area contributed by atoms with Crippen LogP contribution in [0.2, 0.25) is 0 Å². The second-order valence-electron chi connectivity index (χ2n) is 8.97. The second kappa shape index (κ2) is 8.45. The first kappa shape index (κ1) is 22.1. The maximum Gasteiger partial charge on any atom is 2.00 e. The molecular weight excluding hydrogens is 550 g/mol. The van der Waals surface area contributed by atoms with Crippen LogP contribution in [-0.2, 0) is 20.4 Å². The third kappa shape index (κ3) is 3.22. The van der Waals surface area contributed by atoms with Crippen molar-refractivity contribution >= 4 is 29.1 Å². The van der Waals surface area contributed by atoms with E-state index in [1.165, 1.54) is 28.1 Å². The number of hydrogen-bond donors (Lipinski definition) is 0. The fourth-order valence-electron chi connectivity index (χ4n) is 5.57. The van der Waals surface area contributed by atoms with Gasteiger partial charge in [0.2, 0.25) is 0 Å². The third-order valence-corrected chi connectivity index (χ3v) is 7.06. The number of nitrogens with zero attached hydrogens (tertiary/aromatic N) is 4. The maximum absolute atomic E-state index is 5.63. The van der Waals surface area contributed by atoms with Gasteiger partial charge in [0, 0.05) is 23.8 Å². The minimum Gasteiger partial charge on any atom is -0.489 e. The summed E-state index contributed by atoms with van der Waals surface area (Å²) in [5.74, 6) is 0.564. The molecule has 4 aromatic carbocycles. The molecule has 2 aliphatic heterocycles. The Morgan fingerprint density at radius 3 is 2.08 bits per heavy atom. The summed E-state index contributed by atoms with van der Waals surface area (Å²) in [7, 11) is 0. The molecule has 0 amide bonds. The first-order valence-electron chi connectivity index (χ1n) is 11.9. The number of hydrogen-bond acceptors (Lipinski definition) is 4. The van der Waals surface area contributed by atoms with E-state index in [-0.39, 0.29) is 27.3 Å². The van der Waals surface area contributed by atoms with Crippen LogP contribution in [0.4, 0.5) is 11.4 Å². The van der Waals surface area contributed by atoms with Gasteiger partial charge in [-0.05, 0) is 29.4 Å². The molecule has 37 heavy (non-hydrogen) atoms. The summed E-state index contributed by atoms with van der Waals surface area (Å²) in [6.07, 6.45) is 7.00. The SMILES string of the molecule is [Pd+2].[c-]1c(-c2ncco2)ccc2c1B1c3[c-]c(-n4cccn4)ccc3-c3ccccc3N1c1ccccc1-2. The molecule has 7 heteroatoms. The number of anilines is 2. The summed E-state index contributed by atoms with van der Waals surface area (Å²) in [4.78, 5) is 6.81. The fraction of sp³-hybridized carbons (Fsp3) is 0. The summed E-state index contributed by atoms with van der Waals surface area (Å²) >= 11 is 0. The van der Waals surface area contributed by atoms with Crippen LogP contribution in [0, 0.1) is 12.1 Å². The van der Waals surface area contributed by atoms with E-state index in [1.807, 2.05) is 23.0 Å². The van der Waals surface area contributed by atoms with Gasteiger partial charge in [0.1, 0.15) is 5.89 Å². The molecule has 5 nitrogen and oxygen atoms in total. The van der Waals surface area contributed by atoms with Crippen molar-refractivity contribution in [3.8, 4) is 39.4 Å². The van der Waals surface area contributed by atoms with Crippen molar-refractivity contribution in [3.05, 3.63) is 116 Å². The van der Waals surface area contributed by atoms with Crippen molar-refractivity contribution in [1.82, 2.24) is 14.8 Å². The molecule has 176 valence electrons. The second-order valence-corrected chi connectivity index (χ2v) is 8.97. The summed E-state index contributed by atoms with van der Waals surface area (Å²) in [5.41, 5.74) is 10.9. The molecule has 2 aromatic heterocycles. The molecule has 6 aromatic rings. The molecule has 2 aliphatic rings. The van der Waals surface area contributed by atoms with Crippen molar-refractivity contribution in [3.63, 3.8) is 0 Å². The molecule has 0 atom stereocenters. The van der Waals surface area contributed by atoms with Crippen LogP contribution in [0.25, 0.3) is 39.4 Å². The van der Waals surface area contributed by atoms with E-state index in [1.54, 1.807) is 18.7 Å². The van der Waals surface area contributed by atoms with Gasteiger partial charge in [0.05, 0.1) is 12.5 Å². The van der Waals surface area contributed by atoms with E-state index < -0.39 is 0 Å². The van der Waals surface area contributed by atoms with Crippen molar-refractivity contribution in [1.29, 1.82) is 0 Å². The van der Waals surface area contributed by atoms with E-state index in [4.69, 9.17) is 4.42 Å². The van der Waals surface area contributed by atoms with Gasteiger partial charge < -0.3 is 9.23 Å². The van der Waals surface area contributed by atoms with Crippen molar-refractivity contribution < 1.29 is 24.8 Å². The zero-order valence-corrected chi connectivity index (χ0v) is 21.0. The molecule has 8 rings (SSSR count). The normalized spacial score (nSPS) is 12.5. The van der Waals surface area contributed by atoms with Crippen molar-refractivity contribution in [2.45, 2.75) is 0 Å². The minimum absolute atomic E-state index is 0. The van der Waals surface area contributed by atoms with E-state index in [2.05, 4.69) is 93.8 Å². The number of fused-ring (bicyclic) bond motifs is 11. The smallest absolute Gasteiger partial charge is 0.489 e. The Hall–Kier alpha value is -4.17. The van der Waals surface area contributed by atoms with E-state index in [0.29, 0.717) is 5.89 Å². The fourth-order valence-corrected chi connectivity index (χ4v) is 5.57.